The number of hydrogen-bond acceptors (Lipinski definition) is 5. The van der Waals surface area contributed by atoms with Crippen molar-refractivity contribution in [3.05, 3.63) is 52.2 Å². The zero-order valence-electron chi connectivity index (χ0n) is 13.1. The highest BCUT2D eigenvalue weighted by molar-refractivity contribution is 8.15. The highest BCUT2D eigenvalue weighted by atomic mass is 35.5. The highest BCUT2D eigenvalue weighted by Crippen LogP contribution is 2.30. The van der Waals surface area contributed by atoms with Crippen LogP contribution in [-0.2, 0) is 11.2 Å². The van der Waals surface area contributed by atoms with Crippen molar-refractivity contribution in [1.82, 2.24) is 10.3 Å². The molecular weight excluding hydrogens is 348 g/mol. The zero-order chi connectivity index (χ0) is 17.3. The van der Waals surface area contributed by atoms with Crippen molar-refractivity contribution < 1.29 is 14.3 Å². The first-order valence-electron chi connectivity index (χ1n) is 7.33. The van der Waals surface area contributed by atoms with Gasteiger partial charge in [-0.15, -0.1) is 0 Å². The minimum Gasteiger partial charge on any atom is -0.438 e. The summed E-state index contributed by atoms with van der Waals surface area (Å²) in [6.07, 6.45) is 2.19. The van der Waals surface area contributed by atoms with Crippen LogP contribution in [0.15, 0.2) is 30.5 Å². The number of benzene rings is 1. The van der Waals surface area contributed by atoms with Crippen LogP contribution in [0, 0.1) is 13.8 Å². The van der Waals surface area contributed by atoms with E-state index in [1.54, 1.807) is 18.3 Å². The van der Waals surface area contributed by atoms with E-state index >= 15 is 0 Å². The molecule has 1 aromatic carbocycles. The largest absolute Gasteiger partial charge is 0.438 e. The van der Waals surface area contributed by atoms with Crippen molar-refractivity contribution >= 4 is 34.5 Å². The van der Waals surface area contributed by atoms with Crippen molar-refractivity contribution in [2.24, 2.45) is 0 Å². The van der Waals surface area contributed by atoms with Gasteiger partial charge in [0.2, 0.25) is 11.8 Å². The van der Waals surface area contributed by atoms with Crippen LogP contribution in [0.5, 0.6) is 11.6 Å². The summed E-state index contributed by atoms with van der Waals surface area (Å²) in [5.74, 6) is 0.736. The van der Waals surface area contributed by atoms with E-state index < -0.39 is 0 Å². The molecule has 0 spiro atoms. The van der Waals surface area contributed by atoms with Gasteiger partial charge in [0.25, 0.3) is 5.24 Å². The second-order valence-electron chi connectivity index (χ2n) is 5.58. The predicted molar refractivity (Wildman–Crippen MR) is 93.9 cm³/mol. The number of aromatic nitrogens is 1. The maximum absolute atomic E-state index is 11.7. The van der Waals surface area contributed by atoms with Gasteiger partial charge in [0, 0.05) is 6.20 Å². The van der Waals surface area contributed by atoms with Crippen molar-refractivity contribution in [3.63, 3.8) is 0 Å². The fraction of sp³-hybridized carbons (Fsp3) is 0.235. The molecule has 1 fully saturated rings. The first kappa shape index (κ1) is 16.8. The van der Waals surface area contributed by atoms with E-state index in [0.717, 1.165) is 28.5 Å². The van der Waals surface area contributed by atoms with E-state index in [1.807, 2.05) is 26.0 Å². The topological polar surface area (TPSA) is 68.3 Å². The first-order chi connectivity index (χ1) is 11.4. The molecule has 0 radical (unpaired) electrons. The third-order valence-corrected chi connectivity index (χ3v) is 4.90. The summed E-state index contributed by atoms with van der Waals surface area (Å²) in [5, 5.41) is 2.08. The molecule has 3 rings (SSSR count). The van der Waals surface area contributed by atoms with Crippen molar-refractivity contribution in [2.75, 3.05) is 0 Å². The molecule has 1 aliphatic heterocycles. The van der Waals surface area contributed by atoms with Crippen LogP contribution in [0.1, 0.15) is 16.7 Å². The van der Waals surface area contributed by atoms with Crippen LogP contribution >= 0.6 is 23.4 Å². The minimum atomic E-state index is -0.379. The molecular formula is C17H15ClN2O3S. The summed E-state index contributed by atoms with van der Waals surface area (Å²) >= 11 is 7.16. The van der Waals surface area contributed by atoms with Crippen LogP contribution in [0.25, 0.3) is 0 Å². The normalized spacial score (nSPS) is 17.0. The van der Waals surface area contributed by atoms with Crippen LogP contribution in [-0.4, -0.2) is 21.4 Å². The average molecular weight is 363 g/mol. The van der Waals surface area contributed by atoms with Crippen LogP contribution in [0.2, 0.25) is 5.02 Å². The molecule has 2 heterocycles. The fourth-order valence-electron chi connectivity index (χ4n) is 2.40. The molecule has 0 saturated carbocycles. The number of imide groups is 1. The summed E-state index contributed by atoms with van der Waals surface area (Å²) in [6.45, 7) is 3.84. The Morgan fingerprint density at radius 3 is 2.71 bits per heavy atom. The fourth-order valence-corrected chi connectivity index (χ4v) is 3.50. The second kappa shape index (κ2) is 6.83. The average Bonchev–Trinajstić information content (AvgIpc) is 2.82. The van der Waals surface area contributed by atoms with E-state index in [-0.39, 0.29) is 16.4 Å². The van der Waals surface area contributed by atoms with Gasteiger partial charge in [0.1, 0.15) is 10.8 Å². The molecule has 1 N–H and O–H groups in total. The third-order valence-electron chi connectivity index (χ3n) is 3.65. The number of rotatable bonds is 4. The molecule has 1 saturated heterocycles. The monoisotopic (exact) mass is 362 g/mol. The van der Waals surface area contributed by atoms with Crippen molar-refractivity contribution in [3.8, 4) is 11.6 Å². The molecule has 24 heavy (non-hydrogen) atoms. The Morgan fingerprint density at radius 2 is 2.08 bits per heavy atom. The van der Waals surface area contributed by atoms with Crippen LogP contribution in [0.3, 0.4) is 0 Å². The second-order valence-corrected chi connectivity index (χ2v) is 7.16. The Hall–Kier alpha value is -2.05. The smallest absolute Gasteiger partial charge is 0.286 e. The molecule has 0 bridgehead atoms. The van der Waals surface area contributed by atoms with E-state index in [1.165, 1.54) is 0 Å². The maximum Gasteiger partial charge on any atom is 0.286 e. The van der Waals surface area contributed by atoms with E-state index in [4.69, 9.17) is 16.3 Å². The quantitative estimate of drug-likeness (QED) is 0.889. The summed E-state index contributed by atoms with van der Waals surface area (Å²) in [6, 6.07) is 7.35. The number of aryl methyl sites for hydroxylation is 2. The summed E-state index contributed by atoms with van der Waals surface area (Å²) in [5.41, 5.74) is 2.93. The van der Waals surface area contributed by atoms with Crippen LogP contribution in [0.4, 0.5) is 4.79 Å². The molecule has 1 atom stereocenters. The van der Waals surface area contributed by atoms with Gasteiger partial charge in [0.15, 0.2) is 0 Å². The van der Waals surface area contributed by atoms with Crippen molar-refractivity contribution in [1.29, 1.82) is 0 Å². The molecule has 5 nitrogen and oxygen atoms in total. The number of carbonyl (C=O) groups is 2. The predicted octanol–water partition coefficient (Wildman–Crippen LogP) is 4.04. The van der Waals surface area contributed by atoms with Crippen molar-refractivity contribution in [2.45, 2.75) is 25.5 Å². The Morgan fingerprint density at radius 1 is 1.29 bits per heavy atom. The number of amides is 2. The number of carbonyl (C=O) groups excluding carboxylic acids is 2. The molecule has 2 aromatic rings. The number of thioether (sulfide) groups is 1. The Kier molecular flexibility index (Phi) is 4.78. The summed E-state index contributed by atoms with van der Waals surface area (Å²) in [7, 11) is 0. The Bertz CT molecular complexity index is 825. The summed E-state index contributed by atoms with van der Waals surface area (Å²) < 4.78 is 5.73. The molecule has 7 heteroatoms. The van der Waals surface area contributed by atoms with Gasteiger partial charge in [-0.1, -0.05) is 29.4 Å². The SMILES string of the molecule is Cc1cnc(Oc2ccc(CC3SC(=O)NC3=O)c(C)c2)c(Cl)c1. The number of nitrogens with one attached hydrogen (secondary N) is 1. The Labute approximate surface area is 148 Å². The molecule has 0 aliphatic carbocycles. The van der Waals surface area contributed by atoms with E-state index in [0.29, 0.717) is 23.1 Å². The number of pyridine rings is 1. The van der Waals surface area contributed by atoms with Gasteiger partial charge in [-0.25, -0.2) is 4.98 Å². The minimum absolute atomic E-state index is 0.236. The Balaban J connectivity index is 1.75. The third kappa shape index (κ3) is 3.71. The van der Waals surface area contributed by atoms with Gasteiger partial charge in [-0.3, -0.25) is 14.9 Å². The van der Waals surface area contributed by atoms with Gasteiger partial charge in [-0.2, -0.15) is 0 Å². The molecule has 1 aliphatic rings. The highest BCUT2D eigenvalue weighted by Gasteiger charge is 2.31. The van der Waals surface area contributed by atoms with E-state index in [9.17, 15) is 9.59 Å². The molecule has 124 valence electrons. The lowest BCUT2D eigenvalue weighted by molar-refractivity contribution is -0.118. The maximum atomic E-state index is 11.7. The van der Waals surface area contributed by atoms with Gasteiger partial charge in [0.05, 0.1) is 5.25 Å². The number of ether oxygens (including phenoxy) is 1. The molecule has 2 amide bonds. The van der Waals surface area contributed by atoms with Gasteiger partial charge < -0.3 is 4.74 Å². The molecule has 1 unspecified atom stereocenters. The van der Waals surface area contributed by atoms with Gasteiger partial charge in [-0.05, 0) is 55.2 Å². The zero-order valence-corrected chi connectivity index (χ0v) is 14.7. The molecule has 1 aromatic heterocycles. The lowest BCUT2D eigenvalue weighted by Crippen LogP contribution is -2.25. The standard InChI is InChI=1S/C17H15ClN2O3S/c1-9-5-13(18)16(19-8-9)23-12-4-3-11(10(2)6-12)7-14-15(21)20-17(22)24-14/h3-6,8,14H,7H2,1-2H3,(H,20,21,22). The number of nitrogens with zero attached hydrogens (tertiary/aromatic N) is 1. The first-order valence-corrected chi connectivity index (χ1v) is 8.59. The summed E-state index contributed by atoms with van der Waals surface area (Å²) in [4.78, 5) is 27.1. The van der Waals surface area contributed by atoms with Crippen LogP contribution < -0.4 is 10.1 Å². The lowest BCUT2D eigenvalue weighted by Gasteiger charge is -2.12. The lowest BCUT2D eigenvalue weighted by atomic mass is 10.0. The van der Waals surface area contributed by atoms with E-state index in [2.05, 4.69) is 10.3 Å². The van der Waals surface area contributed by atoms with Gasteiger partial charge >= 0.3 is 0 Å². The number of halogens is 1. The number of hydrogen-bond donors (Lipinski definition) is 1.